The van der Waals surface area contributed by atoms with Crippen molar-refractivity contribution in [3.05, 3.63) is 53.5 Å². The number of amides is 2. The second kappa shape index (κ2) is 11.5. The van der Waals surface area contributed by atoms with Crippen molar-refractivity contribution < 1.29 is 27.2 Å². The number of carbonyl (C=O) groups excluding carboxylic acids is 2. The molecule has 2 fully saturated rings. The lowest BCUT2D eigenvalue weighted by Crippen LogP contribution is -2.37. The molecule has 40 heavy (non-hydrogen) atoms. The van der Waals surface area contributed by atoms with E-state index in [9.17, 15) is 27.2 Å². The monoisotopic (exact) mass is 561 g/mol. The number of fused-ring (bicyclic) bond motifs is 1. The zero-order chi connectivity index (χ0) is 28.4. The van der Waals surface area contributed by atoms with Gasteiger partial charge in [-0.1, -0.05) is 6.92 Å². The molecule has 0 bridgehead atoms. The van der Waals surface area contributed by atoms with Crippen LogP contribution in [0.5, 0.6) is 0 Å². The lowest BCUT2D eigenvalue weighted by molar-refractivity contribution is -0.122. The van der Waals surface area contributed by atoms with Crippen LogP contribution in [0.2, 0.25) is 0 Å². The van der Waals surface area contributed by atoms with Crippen molar-refractivity contribution in [3.8, 4) is 0 Å². The summed E-state index contributed by atoms with van der Waals surface area (Å²) in [4.78, 5) is 37.4. The minimum Gasteiger partial charge on any atom is -0.349 e. The predicted octanol–water partition coefficient (Wildman–Crippen LogP) is 5.12. The Hall–Kier alpha value is -3.64. The molecule has 5 rings (SSSR count). The Morgan fingerprint density at radius 2 is 1.75 bits per heavy atom. The van der Waals surface area contributed by atoms with Gasteiger partial charge in [-0.3, -0.25) is 9.59 Å². The molecule has 0 radical (unpaired) electrons. The van der Waals surface area contributed by atoms with Crippen molar-refractivity contribution in [3.63, 3.8) is 0 Å². The number of alkyl halides is 4. The van der Waals surface area contributed by atoms with Gasteiger partial charge in [0.25, 0.3) is 12.3 Å². The number of aromatic nitrogens is 5. The summed E-state index contributed by atoms with van der Waals surface area (Å²) < 4.78 is 55.7. The van der Waals surface area contributed by atoms with Crippen molar-refractivity contribution in [2.75, 3.05) is 0 Å². The Morgan fingerprint density at radius 3 is 2.42 bits per heavy atom. The third-order valence-electron chi connectivity index (χ3n) is 7.59. The number of nitrogens with one attached hydrogen (secondary N) is 2. The highest BCUT2D eigenvalue weighted by molar-refractivity contribution is 5.92. The van der Waals surface area contributed by atoms with Crippen LogP contribution in [0, 0.1) is 11.8 Å². The number of nitrogens with zero attached hydrogens (tertiary/aromatic N) is 5. The zero-order valence-corrected chi connectivity index (χ0v) is 22.0. The highest BCUT2D eigenvalue weighted by atomic mass is 19.3. The van der Waals surface area contributed by atoms with Crippen LogP contribution in [0.1, 0.15) is 104 Å². The number of halogens is 4. The molecule has 0 saturated heterocycles. The molecular weight excluding hydrogens is 530 g/mol. The largest absolute Gasteiger partial charge is 0.349 e. The van der Waals surface area contributed by atoms with Gasteiger partial charge in [0.05, 0.1) is 30.2 Å². The van der Waals surface area contributed by atoms with Crippen molar-refractivity contribution >= 4 is 17.5 Å². The van der Waals surface area contributed by atoms with Crippen molar-refractivity contribution in [2.24, 2.45) is 11.8 Å². The molecule has 3 aromatic rings. The van der Waals surface area contributed by atoms with E-state index in [0.717, 1.165) is 37.2 Å². The minimum absolute atomic E-state index is 0.0279. The van der Waals surface area contributed by atoms with E-state index in [1.807, 2.05) is 13.0 Å². The summed E-state index contributed by atoms with van der Waals surface area (Å²) in [5.74, 6) is -3.58. The van der Waals surface area contributed by atoms with E-state index < -0.39 is 30.0 Å². The molecule has 9 nitrogen and oxygen atoms in total. The van der Waals surface area contributed by atoms with Crippen LogP contribution < -0.4 is 10.6 Å². The first-order chi connectivity index (χ1) is 19.1. The fraction of sp³-hybridized carbons (Fsp3) is 0.556. The first-order valence-corrected chi connectivity index (χ1v) is 13.6. The quantitative estimate of drug-likeness (QED) is 0.332. The standard InChI is InChI=1S/C27H31F4N7O2/c1-2-3-22(39)36-23(15-4-5-15)17-10-21-35-20(13-38(21)34-12-17)24(16-6-8-27(30,31)9-7-16)37-26(40)19-11-18(25(28)29)32-14-33-19/h10-16,23-25H,2-9H2,1H3,(H,36,39)(H,37,40)/t23-,24+/m1/s1. The molecule has 2 aliphatic carbocycles. The van der Waals surface area contributed by atoms with Gasteiger partial charge in [0.2, 0.25) is 11.8 Å². The van der Waals surface area contributed by atoms with E-state index in [4.69, 9.17) is 0 Å². The molecule has 0 aromatic carbocycles. The number of carbonyl (C=O) groups is 2. The Morgan fingerprint density at radius 1 is 1.02 bits per heavy atom. The Labute approximate surface area is 228 Å². The average molecular weight is 562 g/mol. The van der Waals surface area contributed by atoms with Gasteiger partial charge >= 0.3 is 0 Å². The number of imidazole rings is 1. The third-order valence-corrected chi connectivity index (χ3v) is 7.59. The van der Waals surface area contributed by atoms with E-state index >= 15 is 0 Å². The molecule has 0 unspecified atom stereocenters. The summed E-state index contributed by atoms with van der Waals surface area (Å²) in [7, 11) is 0. The van der Waals surface area contributed by atoms with Crippen LogP contribution >= 0.6 is 0 Å². The maximum atomic E-state index is 14.0. The molecule has 3 heterocycles. The highest BCUT2D eigenvalue weighted by Gasteiger charge is 2.40. The molecular formula is C27H31F4N7O2. The van der Waals surface area contributed by atoms with Crippen molar-refractivity contribution in [1.82, 2.24) is 35.2 Å². The predicted molar refractivity (Wildman–Crippen MR) is 136 cm³/mol. The lowest BCUT2D eigenvalue weighted by Gasteiger charge is -2.33. The second-order valence-corrected chi connectivity index (χ2v) is 10.7. The molecule has 2 amide bonds. The van der Waals surface area contributed by atoms with Gasteiger partial charge in [0.15, 0.2) is 5.65 Å². The van der Waals surface area contributed by atoms with Crippen LogP contribution in [-0.2, 0) is 4.79 Å². The van der Waals surface area contributed by atoms with Crippen LogP contribution in [0.15, 0.2) is 30.9 Å². The smallest absolute Gasteiger partial charge is 0.280 e. The van der Waals surface area contributed by atoms with E-state index in [0.29, 0.717) is 23.7 Å². The van der Waals surface area contributed by atoms with Gasteiger partial charge < -0.3 is 10.6 Å². The van der Waals surface area contributed by atoms with Gasteiger partial charge in [0.1, 0.15) is 17.7 Å². The normalized spacial score (nSPS) is 18.9. The lowest BCUT2D eigenvalue weighted by atomic mass is 9.81. The van der Waals surface area contributed by atoms with Crippen LogP contribution in [0.25, 0.3) is 5.65 Å². The van der Waals surface area contributed by atoms with Crippen molar-refractivity contribution in [2.45, 2.75) is 82.7 Å². The van der Waals surface area contributed by atoms with Crippen LogP contribution in [0.4, 0.5) is 17.6 Å². The summed E-state index contributed by atoms with van der Waals surface area (Å²) in [6, 6.07) is 1.78. The molecule has 3 aromatic heterocycles. The molecule has 2 saturated carbocycles. The molecule has 214 valence electrons. The fourth-order valence-corrected chi connectivity index (χ4v) is 5.27. The maximum Gasteiger partial charge on any atom is 0.280 e. The fourth-order valence-electron chi connectivity index (χ4n) is 5.27. The SMILES string of the molecule is CCCC(=O)N[C@@H](c1cnn2cc([C@@H](NC(=O)c3cc(C(F)F)ncn3)C3CCC(F)(F)CC3)nc2c1)C1CC1. The molecule has 2 atom stereocenters. The van der Waals surface area contributed by atoms with Gasteiger partial charge in [0, 0.05) is 19.3 Å². The van der Waals surface area contributed by atoms with Gasteiger partial charge in [-0.15, -0.1) is 0 Å². The minimum atomic E-state index is -2.88. The summed E-state index contributed by atoms with van der Waals surface area (Å²) in [6.45, 7) is 1.94. The summed E-state index contributed by atoms with van der Waals surface area (Å²) in [5, 5.41) is 10.4. The van der Waals surface area contributed by atoms with Gasteiger partial charge in [-0.05, 0) is 61.6 Å². The summed E-state index contributed by atoms with van der Waals surface area (Å²) in [6.07, 6.45) is 4.10. The van der Waals surface area contributed by atoms with Gasteiger partial charge in [-0.25, -0.2) is 37.0 Å². The molecule has 2 N–H and O–H groups in total. The molecule has 0 aliphatic heterocycles. The van der Waals surface area contributed by atoms with E-state index in [2.05, 4.69) is 30.7 Å². The molecule has 2 aliphatic rings. The second-order valence-electron chi connectivity index (χ2n) is 10.7. The number of hydrogen-bond acceptors (Lipinski definition) is 6. The number of hydrogen-bond donors (Lipinski definition) is 2. The highest BCUT2D eigenvalue weighted by Crippen LogP contribution is 2.42. The number of rotatable bonds is 10. The van der Waals surface area contributed by atoms with E-state index in [-0.39, 0.29) is 49.2 Å². The Balaban J connectivity index is 1.43. The molecule has 0 spiro atoms. The first-order valence-electron chi connectivity index (χ1n) is 13.6. The molecule has 13 heteroatoms. The average Bonchev–Trinajstić information content (AvgIpc) is 3.68. The van der Waals surface area contributed by atoms with E-state index in [1.165, 1.54) is 4.52 Å². The third kappa shape index (κ3) is 6.39. The summed E-state index contributed by atoms with van der Waals surface area (Å²) >= 11 is 0. The summed E-state index contributed by atoms with van der Waals surface area (Å²) in [5.41, 5.74) is 0.861. The first kappa shape index (κ1) is 27.9. The Bertz CT molecular complexity index is 1370. The van der Waals surface area contributed by atoms with Gasteiger partial charge in [-0.2, -0.15) is 5.10 Å². The Kier molecular flexibility index (Phi) is 7.99. The van der Waals surface area contributed by atoms with Crippen molar-refractivity contribution in [1.29, 1.82) is 0 Å². The van der Waals surface area contributed by atoms with E-state index in [1.54, 1.807) is 12.4 Å². The van der Waals surface area contributed by atoms with Crippen LogP contribution in [-0.4, -0.2) is 42.3 Å². The van der Waals surface area contributed by atoms with Crippen LogP contribution in [0.3, 0.4) is 0 Å². The maximum absolute atomic E-state index is 14.0. The topological polar surface area (TPSA) is 114 Å². The zero-order valence-electron chi connectivity index (χ0n) is 22.0.